The summed E-state index contributed by atoms with van der Waals surface area (Å²) in [5.41, 5.74) is 1.11. The third kappa shape index (κ3) is 3.52. The number of aromatic nitrogens is 2. The molecule has 0 aliphatic carbocycles. The van der Waals surface area contributed by atoms with Gasteiger partial charge in [0, 0.05) is 45.1 Å². The van der Waals surface area contributed by atoms with Crippen molar-refractivity contribution in [2.24, 2.45) is 0 Å². The van der Waals surface area contributed by atoms with Crippen LogP contribution in [0.4, 0.5) is 10.6 Å². The van der Waals surface area contributed by atoms with Crippen molar-refractivity contribution in [2.75, 3.05) is 31.1 Å². The van der Waals surface area contributed by atoms with E-state index in [0.717, 1.165) is 24.5 Å². The molecule has 6 nitrogen and oxygen atoms in total. The highest BCUT2D eigenvalue weighted by Gasteiger charge is 2.21. The predicted molar refractivity (Wildman–Crippen MR) is 84.5 cm³/mol. The molecule has 0 radical (unpaired) electrons. The Bertz CT molecular complexity index is 596. The van der Waals surface area contributed by atoms with Crippen LogP contribution in [0.1, 0.15) is 5.56 Å². The molecule has 22 heavy (non-hydrogen) atoms. The third-order valence-corrected chi connectivity index (χ3v) is 3.73. The summed E-state index contributed by atoms with van der Waals surface area (Å²) < 4.78 is 0. The molecule has 2 heterocycles. The maximum Gasteiger partial charge on any atom is 0.317 e. The number of hydrogen-bond donors (Lipinski definition) is 1. The average Bonchev–Trinajstić information content (AvgIpc) is 2.61. The monoisotopic (exact) mass is 297 g/mol. The highest BCUT2D eigenvalue weighted by molar-refractivity contribution is 5.74. The van der Waals surface area contributed by atoms with Gasteiger partial charge in [-0.15, -0.1) is 0 Å². The first kappa shape index (κ1) is 14.3. The van der Waals surface area contributed by atoms with Gasteiger partial charge in [-0.25, -0.2) is 9.78 Å². The topological polar surface area (TPSA) is 61.4 Å². The van der Waals surface area contributed by atoms with Crippen molar-refractivity contribution in [3.63, 3.8) is 0 Å². The quantitative estimate of drug-likeness (QED) is 0.933. The number of nitrogens with zero attached hydrogens (tertiary/aromatic N) is 4. The fourth-order valence-corrected chi connectivity index (χ4v) is 2.48. The van der Waals surface area contributed by atoms with Crippen LogP contribution in [0.25, 0.3) is 0 Å². The van der Waals surface area contributed by atoms with E-state index in [2.05, 4.69) is 20.2 Å². The largest absolute Gasteiger partial charge is 0.352 e. The Morgan fingerprint density at radius 2 is 1.86 bits per heavy atom. The van der Waals surface area contributed by atoms with E-state index in [1.165, 1.54) is 0 Å². The summed E-state index contributed by atoms with van der Waals surface area (Å²) in [5, 5.41) is 2.96. The molecule has 0 spiro atoms. The summed E-state index contributed by atoms with van der Waals surface area (Å²) >= 11 is 0. The fraction of sp³-hybridized carbons (Fsp3) is 0.312. The van der Waals surface area contributed by atoms with Crippen LogP contribution in [-0.2, 0) is 6.54 Å². The number of urea groups is 1. The Kier molecular flexibility index (Phi) is 4.48. The van der Waals surface area contributed by atoms with Crippen LogP contribution >= 0.6 is 0 Å². The Balaban J connectivity index is 1.48. The van der Waals surface area contributed by atoms with Crippen molar-refractivity contribution in [1.29, 1.82) is 0 Å². The van der Waals surface area contributed by atoms with Gasteiger partial charge in [0.15, 0.2) is 0 Å². The lowest BCUT2D eigenvalue weighted by Gasteiger charge is -2.35. The van der Waals surface area contributed by atoms with Crippen molar-refractivity contribution in [3.8, 4) is 0 Å². The molecule has 2 amide bonds. The second-order valence-corrected chi connectivity index (χ2v) is 5.18. The van der Waals surface area contributed by atoms with Crippen LogP contribution < -0.4 is 10.2 Å². The minimum absolute atomic E-state index is 0.0114. The van der Waals surface area contributed by atoms with Gasteiger partial charge in [-0.05, 0) is 5.56 Å². The molecule has 6 heteroatoms. The molecular formula is C16H19N5O. The molecule has 0 bridgehead atoms. The van der Waals surface area contributed by atoms with Crippen molar-refractivity contribution >= 4 is 11.8 Å². The summed E-state index contributed by atoms with van der Waals surface area (Å²) in [5.74, 6) is 0.867. The number of rotatable bonds is 3. The minimum atomic E-state index is -0.0114. The predicted octanol–water partition coefficient (Wildman–Crippen LogP) is 1.51. The van der Waals surface area contributed by atoms with Crippen molar-refractivity contribution in [3.05, 3.63) is 54.5 Å². The molecule has 1 saturated heterocycles. The third-order valence-electron chi connectivity index (χ3n) is 3.73. The van der Waals surface area contributed by atoms with Crippen LogP contribution in [0.15, 0.2) is 48.9 Å². The molecular weight excluding hydrogens is 278 g/mol. The zero-order valence-corrected chi connectivity index (χ0v) is 12.4. The average molecular weight is 297 g/mol. The Hall–Kier alpha value is -2.63. The highest BCUT2D eigenvalue weighted by atomic mass is 16.2. The number of carbonyl (C=O) groups is 1. The molecule has 3 rings (SSSR count). The first-order valence-electron chi connectivity index (χ1n) is 7.40. The van der Waals surface area contributed by atoms with E-state index in [9.17, 15) is 4.79 Å². The molecule has 1 N–H and O–H groups in total. The first-order chi connectivity index (χ1) is 10.8. The van der Waals surface area contributed by atoms with Crippen molar-refractivity contribution < 1.29 is 4.79 Å². The SMILES string of the molecule is O=C(NCc1ccccc1)N1CCN(c2cnccn2)CC1. The summed E-state index contributed by atoms with van der Waals surface area (Å²) in [6.45, 7) is 3.49. The number of carbonyl (C=O) groups excluding carboxylic acids is 1. The Morgan fingerprint density at radius 3 is 2.55 bits per heavy atom. The van der Waals surface area contributed by atoms with Gasteiger partial charge >= 0.3 is 6.03 Å². The van der Waals surface area contributed by atoms with Crippen LogP contribution in [0.2, 0.25) is 0 Å². The summed E-state index contributed by atoms with van der Waals surface area (Å²) in [4.78, 5) is 24.5. The zero-order valence-electron chi connectivity index (χ0n) is 12.4. The zero-order chi connectivity index (χ0) is 15.2. The molecule has 1 aromatic carbocycles. The lowest BCUT2D eigenvalue weighted by Crippen LogP contribution is -2.51. The van der Waals surface area contributed by atoms with E-state index >= 15 is 0 Å². The first-order valence-corrected chi connectivity index (χ1v) is 7.40. The van der Waals surface area contributed by atoms with Gasteiger partial charge in [0.1, 0.15) is 5.82 Å². The summed E-state index contributed by atoms with van der Waals surface area (Å²) in [6.07, 6.45) is 5.11. The molecule has 1 aliphatic heterocycles. The second kappa shape index (κ2) is 6.89. The molecule has 0 unspecified atom stereocenters. The van der Waals surface area contributed by atoms with Crippen molar-refractivity contribution in [1.82, 2.24) is 20.2 Å². The smallest absolute Gasteiger partial charge is 0.317 e. The van der Waals surface area contributed by atoms with E-state index in [4.69, 9.17) is 0 Å². The number of nitrogens with one attached hydrogen (secondary N) is 1. The maximum absolute atomic E-state index is 12.2. The number of hydrogen-bond acceptors (Lipinski definition) is 4. The van der Waals surface area contributed by atoms with E-state index in [1.807, 2.05) is 35.2 Å². The minimum Gasteiger partial charge on any atom is -0.352 e. The summed E-state index contributed by atoms with van der Waals surface area (Å²) in [7, 11) is 0. The lowest BCUT2D eigenvalue weighted by atomic mass is 10.2. The fourth-order valence-electron chi connectivity index (χ4n) is 2.48. The molecule has 2 aromatic rings. The van der Waals surface area contributed by atoms with E-state index in [0.29, 0.717) is 19.6 Å². The van der Waals surface area contributed by atoms with Crippen LogP contribution in [0, 0.1) is 0 Å². The molecule has 114 valence electrons. The normalized spacial score (nSPS) is 14.7. The van der Waals surface area contributed by atoms with Crippen LogP contribution in [0.3, 0.4) is 0 Å². The highest BCUT2D eigenvalue weighted by Crippen LogP contribution is 2.11. The lowest BCUT2D eigenvalue weighted by molar-refractivity contribution is 0.194. The van der Waals surface area contributed by atoms with Gasteiger partial charge in [-0.1, -0.05) is 30.3 Å². The molecule has 1 fully saturated rings. The van der Waals surface area contributed by atoms with Gasteiger partial charge in [0.2, 0.25) is 0 Å². The number of piperazine rings is 1. The molecule has 1 aromatic heterocycles. The van der Waals surface area contributed by atoms with Crippen LogP contribution in [-0.4, -0.2) is 47.1 Å². The molecule has 0 atom stereocenters. The van der Waals surface area contributed by atoms with Crippen molar-refractivity contribution in [2.45, 2.75) is 6.54 Å². The summed E-state index contributed by atoms with van der Waals surface area (Å²) in [6, 6.07) is 9.92. The Labute approximate surface area is 129 Å². The molecule has 0 saturated carbocycles. The van der Waals surface area contributed by atoms with E-state index in [1.54, 1.807) is 18.6 Å². The second-order valence-electron chi connectivity index (χ2n) is 5.18. The number of amides is 2. The van der Waals surface area contributed by atoms with E-state index < -0.39 is 0 Å². The van der Waals surface area contributed by atoms with E-state index in [-0.39, 0.29) is 6.03 Å². The number of benzene rings is 1. The Morgan fingerprint density at radius 1 is 1.09 bits per heavy atom. The van der Waals surface area contributed by atoms with Gasteiger partial charge in [0.25, 0.3) is 0 Å². The van der Waals surface area contributed by atoms with Crippen LogP contribution in [0.5, 0.6) is 0 Å². The maximum atomic E-state index is 12.2. The van der Waals surface area contributed by atoms with Gasteiger partial charge in [-0.3, -0.25) is 4.98 Å². The van der Waals surface area contributed by atoms with Gasteiger partial charge < -0.3 is 15.1 Å². The van der Waals surface area contributed by atoms with Gasteiger partial charge in [-0.2, -0.15) is 0 Å². The molecule has 1 aliphatic rings. The van der Waals surface area contributed by atoms with Gasteiger partial charge in [0.05, 0.1) is 6.20 Å². The standard InChI is InChI=1S/C16H19N5O/c22-16(19-12-14-4-2-1-3-5-14)21-10-8-20(9-11-21)15-13-17-6-7-18-15/h1-7,13H,8-12H2,(H,19,22). The number of anilines is 1.